The maximum Gasteiger partial charge on any atom is 0.161 e. The van der Waals surface area contributed by atoms with Crippen LogP contribution < -0.4 is 0 Å². The maximum atomic E-state index is 11.3. The fraction of sp³-hybridized carbons (Fsp3) is 0.667. The van der Waals surface area contributed by atoms with E-state index < -0.39 is 7.38 Å². The summed E-state index contributed by atoms with van der Waals surface area (Å²) in [6, 6.07) is 1.55. The van der Waals surface area contributed by atoms with E-state index in [1.54, 1.807) is 6.92 Å². The second-order valence-electron chi connectivity index (χ2n) is 3.54. The van der Waals surface area contributed by atoms with Gasteiger partial charge >= 0.3 is 0 Å². The zero-order valence-electron chi connectivity index (χ0n) is 8.11. The summed E-state index contributed by atoms with van der Waals surface area (Å²) in [4.78, 5) is 11.3. The molecule has 0 aromatic carbocycles. The van der Waals surface area contributed by atoms with Crippen LogP contribution in [0.25, 0.3) is 0 Å². The first-order valence-electron chi connectivity index (χ1n) is 4.26. The number of hydrogen-bond acceptors (Lipinski definition) is 1. The SMILES string of the molecule is C=C(C)C(=O)C[Si](C)(Cl)CCC. The highest BCUT2D eigenvalue weighted by molar-refractivity contribution is 7.20. The van der Waals surface area contributed by atoms with Crippen molar-refractivity contribution in [3.63, 3.8) is 0 Å². The molecule has 0 rings (SSSR count). The van der Waals surface area contributed by atoms with E-state index in [-0.39, 0.29) is 5.78 Å². The molecule has 0 aromatic heterocycles. The number of allylic oxidation sites excluding steroid dienone is 1. The smallest absolute Gasteiger partial charge is 0.161 e. The van der Waals surface area contributed by atoms with E-state index in [1.807, 2.05) is 6.55 Å². The van der Waals surface area contributed by atoms with Gasteiger partial charge in [0.05, 0.1) is 0 Å². The third-order valence-corrected chi connectivity index (χ3v) is 5.35. The van der Waals surface area contributed by atoms with Crippen LogP contribution in [-0.2, 0) is 4.79 Å². The molecule has 0 saturated heterocycles. The van der Waals surface area contributed by atoms with Crippen molar-refractivity contribution in [1.29, 1.82) is 0 Å². The highest BCUT2D eigenvalue weighted by atomic mass is 35.6. The molecule has 0 saturated carbocycles. The fourth-order valence-electron chi connectivity index (χ4n) is 1.10. The van der Waals surface area contributed by atoms with Crippen molar-refractivity contribution >= 4 is 24.2 Å². The van der Waals surface area contributed by atoms with Gasteiger partial charge in [-0.2, -0.15) is 11.1 Å². The van der Waals surface area contributed by atoms with E-state index in [1.165, 1.54) is 0 Å². The summed E-state index contributed by atoms with van der Waals surface area (Å²) in [6.07, 6.45) is 1.07. The summed E-state index contributed by atoms with van der Waals surface area (Å²) in [5.74, 6) is 0.132. The van der Waals surface area contributed by atoms with Gasteiger partial charge in [-0.1, -0.05) is 26.5 Å². The summed E-state index contributed by atoms with van der Waals surface area (Å²) in [7, 11) is -1.77. The average molecular weight is 205 g/mol. The predicted octanol–water partition coefficient (Wildman–Crippen LogP) is 3.36. The number of carbonyl (C=O) groups is 1. The van der Waals surface area contributed by atoms with Gasteiger partial charge < -0.3 is 0 Å². The molecule has 0 aliphatic carbocycles. The average Bonchev–Trinajstić information content (AvgIpc) is 1.85. The van der Waals surface area contributed by atoms with Crippen LogP contribution in [0.2, 0.25) is 18.6 Å². The zero-order valence-corrected chi connectivity index (χ0v) is 9.87. The Balaban J connectivity index is 4.05. The van der Waals surface area contributed by atoms with Crippen LogP contribution >= 0.6 is 11.1 Å². The Hall–Kier alpha value is -0.0831. The standard InChI is InChI=1S/C9H17ClOSi/c1-5-6-12(4,10)7-9(11)8(2)3/h2,5-7H2,1,3-4H3. The minimum atomic E-state index is -1.77. The molecule has 1 atom stereocenters. The first kappa shape index (κ1) is 11.9. The van der Waals surface area contributed by atoms with Crippen molar-refractivity contribution in [2.24, 2.45) is 0 Å². The highest BCUT2D eigenvalue weighted by Gasteiger charge is 2.26. The Kier molecular flexibility index (Phi) is 4.79. The summed E-state index contributed by atoms with van der Waals surface area (Å²) in [5, 5.41) is 0. The molecule has 0 aliphatic rings. The summed E-state index contributed by atoms with van der Waals surface area (Å²) >= 11 is 6.25. The lowest BCUT2D eigenvalue weighted by molar-refractivity contribution is -0.113. The van der Waals surface area contributed by atoms with Crippen molar-refractivity contribution in [3.8, 4) is 0 Å². The number of rotatable bonds is 5. The normalized spacial score (nSPS) is 15.3. The van der Waals surface area contributed by atoms with E-state index in [9.17, 15) is 4.79 Å². The summed E-state index contributed by atoms with van der Waals surface area (Å²) in [5.41, 5.74) is 0.630. The molecule has 0 bridgehead atoms. The van der Waals surface area contributed by atoms with E-state index >= 15 is 0 Å². The van der Waals surface area contributed by atoms with Gasteiger partial charge in [-0.25, -0.2) is 0 Å². The second kappa shape index (κ2) is 4.82. The molecule has 3 heteroatoms. The Morgan fingerprint density at radius 3 is 2.42 bits per heavy atom. The first-order valence-corrected chi connectivity index (χ1v) is 8.19. The molecule has 0 N–H and O–H groups in total. The van der Waals surface area contributed by atoms with Gasteiger partial charge in [-0.3, -0.25) is 4.79 Å². The van der Waals surface area contributed by atoms with Crippen LogP contribution in [0.15, 0.2) is 12.2 Å². The Morgan fingerprint density at radius 2 is 2.08 bits per heavy atom. The van der Waals surface area contributed by atoms with E-state index in [4.69, 9.17) is 11.1 Å². The van der Waals surface area contributed by atoms with Gasteiger partial charge in [0, 0.05) is 6.04 Å². The lowest BCUT2D eigenvalue weighted by Gasteiger charge is -2.16. The molecule has 0 radical (unpaired) electrons. The van der Waals surface area contributed by atoms with Crippen LogP contribution in [0.1, 0.15) is 20.3 Å². The van der Waals surface area contributed by atoms with Crippen LogP contribution in [0.5, 0.6) is 0 Å². The Labute approximate surface area is 80.5 Å². The molecular formula is C9H17ClOSi. The van der Waals surface area contributed by atoms with Crippen LogP contribution in [-0.4, -0.2) is 13.2 Å². The lowest BCUT2D eigenvalue weighted by atomic mass is 10.2. The zero-order chi connectivity index (χ0) is 9.78. The highest BCUT2D eigenvalue weighted by Crippen LogP contribution is 2.23. The molecule has 0 amide bonds. The Bertz CT molecular complexity index is 187. The van der Waals surface area contributed by atoms with Crippen LogP contribution in [0.4, 0.5) is 0 Å². The van der Waals surface area contributed by atoms with Crippen molar-refractivity contribution in [2.75, 3.05) is 0 Å². The molecule has 1 unspecified atom stereocenters. The van der Waals surface area contributed by atoms with Crippen molar-refractivity contribution in [3.05, 3.63) is 12.2 Å². The third-order valence-electron chi connectivity index (χ3n) is 1.78. The molecule has 0 fully saturated rings. The monoisotopic (exact) mass is 204 g/mol. The quantitative estimate of drug-likeness (QED) is 0.381. The second-order valence-corrected chi connectivity index (χ2v) is 9.96. The Morgan fingerprint density at radius 1 is 1.58 bits per heavy atom. The van der Waals surface area contributed by atoms with Crippen molar-refractivity contribution in [1.82, 2.24) is 0 Å². The van der Waals surface area contributed by atoms with Gasteiger partial charge in [-0.05, 0) is 18.5 Å². The number of ketones is 1. The van der Waals surface area contributed by atoms with Gasteiger partial charge in [0.1, 0.15) is 0 Å². The van der Waals surface area contributed by atoms with Crippen molar-refractivity contribution < 1.29 is 4.79 Å². The fourth-order valence-corrected chi connectivity index (χ4v) is 4.22. The molecule has 0 spiro atoms. The number of hydrogen-bond donors (Lipinski definition) is 0. The van der Waals surface area contributed by atoms with Gasteiger partial charge in [0.15, 0.2) is 13.2 Å². The predicted molar refractivity (Wildman–Crippen MR) is 57.2 cm³/mol. The summed E-state index contributed by atoms with van der Waals surface area (Å²) < 4.78 is 0. The third kappa shape index (κ3) is 4.73. The molecule has 0 heterocycles. The molecular weight excluding hydrogens is 188 g/mol. The largest absolute Gasteiger partial charge is 0.295 e. The van der Waals surface area contributed by atoms with E-state index in [0.717, 1.165) is 12.5 Å². The molecule has 0 aliphatic heterocycles. The van der Waals surface area contributed by atoms with Gasteiger partial charge in [-0.15, -0.1) is 0 Å². The van der Waals surface area contributed by atoms with Crippen LogP contribution in [0, 0.1) is 0 Å². The van der Waals surface area contributed by atoms with E-state index in [0.29, 0.717) is 11.6 Å². The van der Waals surface area contributed by atoms with E-state index in [2.05, 4.69) is 13.5 Å². The molecule has 70 valence electrons. The summed E-state index contributed by atoms with van der Waals surface area (Å²) in [6.45, 7) is 9.50. The van der Waals surface area contributed by atoms with Crippen LogP contribution in [0.3, 0.4) is 0 Å². The number of carbonyl (C=O) groups excluding carboxylic acids is 1. The number of halogens is 1. The minimum Gasteiger partial charge on any atom is -0.295 e. The lowest BCUT2D eigenvalue weighted by Crippen LogP contribution is -2.25. The maximum absolute atomic E-state index is 11.3. The molecule has 0 aromatic rings. The van der Waals surface area contributed by atoms with Crippen molar-refractivity contribution in [2.45, 2.75) is 38.9 Å². The first-order chi connectivity index (χ1) is 5.39. The molecule has 1 nitrogen and oxygen atoms in total. The number of Topliss-reactive ketones (excluding diaryl/α,β-unsaturated/α-hetero) is 1. The van der Waals surface area contributed by atoms with Gasteiger partial charge in [0.25, 0.3) is 0 Å². The molecule has 12 heavy (non-hydrogen) atoms. The minimum absolute atomic E-state index is 0.132. The topological polar surface area (TPSA) is 17.1 Å². The van der Waals surface area contributed by atoms with Gasteiger partial charge in [0.2, 0.25) is 0 Å².